The maximum absolute atomic E-state index is 13.9. The van der Waals surface area contributed by atoms with Crippen LogP contribution in [-0.2, 0) is 4.74 Å². The van der Waals surface area contributed by atoms with Crippen LogP contribution in [0.1, 0.15) is 18.1 Å². The molecule has 1 saturated heterocycles. The van der Waals surface area contributed by atoms with Crippen molar-refractivity contribution in [3.05, 3.63) is 65.2 Å². The number of benzene rings is 2. The number of nitrogens with one attached hydrogen (secondary N) is 1. The molecule has 1 aliphatic heterocycles. The van der Waals surface area contributed by atoms with E-state index in [0.29, 0.717) is 28.4 Å². The number of hydrogen-bond acceptors (Lipinski definition) is 4. The van der Waals surface area contributed by atoms with Crippen LogP contribution in [0.5, 0.6) is 0 Å². The Morgan fingerprint density at radius 3 is 2.79 bits per heavy atom. The van der Waals surface area contributed by atoms with Crippen LogP contribution in [0.25, 0.3) is 10.9 Å². The lowest BCUT2D eigenvalue weighted by molar-refractivity contribution is 0.107. The Kier molecular flexibility index (Phi) is 4.04. The van der Waals surface area contributed by atoms with E-state index >= 15 is 0 Å². The van der Waals surface area contributed by atoms with Gasteiger partial charge in [0.2, 0.25) is 0 Å². The van der Waals surface area contributed by atoms with Crippen LogP contribution in [0.2, 0.25) is 5.02 Å². The Balaban J connectivity index is 1.65. The van der Waals surface area contributed by atoms with Crippen LogP contribution in [0.3, 0.4) is 0 Å². The SMILES string of the molecule is Fc1cccc2c(NC3CCOC3c3ccc(Cl)cc3)ncnc12. The lowest BCUT2D eigenvalue weighted by Gasteiger charge is -2.21. The molecule has 0 spiro atoms. The summed E-state index contributed by atoms with van der Waals surface area (Å²) in [6.45, 7) is 0.655. The van der Waals surface area contributed by atoms with Crippen molar-refractivity contribution in [2.75, 3.05) is 11.9 Å². The third-order valence-electron chi connectivity index (χ3n) is 4.23. The third-order valence-corrected chi connectivity index (χ3v) is 4.48. The minimum atomic E-state index is -0.352. The van der Waals surface area contributed by atoms with Gasteiger partial charge in [0.1, 0.15) is 29.6 Å². The largest absolute Gasteiger partial charge is 0.371 e. The van der Waals surface area contributed by atoms with Gasteiger partial charge in [-0.25, -0.2) is 14.4 Å². The van der Waals surface area contributed by atoms with Gasteiger partial charge in [0.15, 0.2) is 0 Å². The molecule has 1 fully saturated rings. The number of nitrogens with zero attached hydrogens (tertiary/aromatic N) is 2. The summed E-state index contributed by atoms with van der Waals surface area (Å²) >= 11 is 5.96. The van der Waals surface area contributed by atoms with Crippen molar-refractivity contribution < 1.29 is 9.13 Å². The fourth-order valence-corrected chi connectivity index (χ4v) is 3.19. The van der Waals surface area contributed by atoms with Crippen molar-refractivity contribution >= 4 is 28.3 Å². The van der Waals surface area contributed by atoms with Gasteiger partial charge in [-0.15, -0.1) is 0 Å². The number of aromatic nitrogens is 2. The van der Waals surface area contributed by atoms with E-state index in [1.54, 1.807) is 6.07 Å². The first-order valence-corrected chi connectivity index (χ1v) is 8.13. The summed E-state index contributed by atoms with van der Waals surface area (Å²) in [5.74, 6) is 0.267. The number of hydrogen-bond donors (Lipinski definition) is 1. The van der Waals surface area contributed by atoms with Gasteiger partial charge in [-0.05, 0) is 36.2 Å². The molecular formula is C18H15ClFN3O. The van der Waals surface area contributed by atoms with Gasteiger partial charge in [0.05, 0.1) is 6.04 Å². The number of para-hydroxylation sites is 1. The van der Waals surface area contributed by atoms with Crippen LogP contribution in [-0.4, -0.2) is 22.6 Å². The Morgan fingerprint density at radius 2 is 1.96 bits per heavy atom. The minimum absolute atomic E-state index is 0.0487. The molecule has 0 radical (unpaired) electrons. The summed E-state index contributed by atoms with van der Waals surface area (Å²) in [6, 6.07) is 12.6. The van der Waals surface area contributed by atoms with E-state index in [1.807, 2.05) is 30.3 Å². The van der Waals surface area contributed by atoms with E-state index in [0.717, 1.165) is 12.0 Å². The first-order chi connectivity index (χ1) is 11.7. The van der Waals surface area contributed by atoms with E-state index < -0.39 is 0 Å². The second kappa shape index (κ2) is 6.34. The zero-order valence-electron chi connectivity index (χ0n) is 12.7. The van der Waals surface area contributed by atoms with Gasteiger partial charge >= 0.3 is 0 Å². The highest BCUT2D eigenvalue weighted by molar-refractivity contribution is 6.30. The highest BCUT2D eigenvalue weighted by atomic mass is 35.5. The summed E-state index contributed by atoms with van der Waals surface area (Å²) in [5, 5.41) is 4.76. The quantitative estimate of drug-likeness (QED) is 0.767. The normalized spacial score (nSPS) is 20.4. The number of ether oxygens (including phenoxy) is 1. The molecule has 6 heteroatoms. The molecule has 4 nitrogen and oxygen atoms in total. The van der Waals surface area contributed by atoms with Gasteiger partial charge in [-0.1, -0.05) is 29.8 Å². The average Bonchev–Trinajstić information content (AvgIpc) is 3.05. The van der Waals surface area contributed by atoms with Gasteiger partial charge in [0, 0.05) is 17.0 Å². The zero-order chi connectivity index (χ0) is 16.5. The average molecular weight is 344 g/mol. The first-order valence-electron chi connectivity index (χ1n) is 7.75. The number of rotatable bonds is 3. The Morgan fingerprint density at radius 1 is 1.12 bits per heavy atom. The summed E-state index contributed by atoms with van der Waals surface area (Å²) in [5.41, 5.74) is 1.37. The van der Waals surface area contributed by atoms with Crippen LogP contribution < -0.4 is 5.32 Å². The van der Waals surface area contributed by atoms with Crippen molar-refractivity contribution in [3.63, 3.8) is 0 Å². The minimum Gasteiger partial charge on any atom is -0.371 e. The molecule has 0 amide bonds. The van der Waals surface area contributed by atoms with Crippen molar-refractivity contribution in [1.82, 2.24) is 9.97 Å². The van der Waals surface area contributed by atoms with Crippen molar-refractivity contribution in [2.45, 2.75) is 18.6 Å². The fraction of sp³-hybridized carbons (Fsp3) is 0.222. The predicted molar refractivity (Wildman–Crippen MR) is 91.7 cm³/mol. The van der Waals surface area contributed by atoms with Crippen LogP contribution in [0.15, 0.2) is 48.8 Å². The van der Waals surface area contributed by atoms with Gasteiger partial charge in [-0.3, -0.25) is 0 Å². The van der Waals surface area contributed by atoms with Gasteiger partial charge in [-0.2, -0.15) is 0 Å². The van der Waals surface area contributed by atoms with Crippen LogP contribution >= 0.6 is 11.6 Å². The van der Waals surface area contributed by atoms with E-state index in [9.17, 15) is 4.39 Å². The smallest absolute Gasteiger partial charge is 0.149 e. The monoisotopic (exact) mass is 343 g/mol. The van der Waals surface area contributed by atoms with E-state index in [4.69, 9.17) is 16.3 Å². The Labute approximate surface area is 143 Å². The molecule has 1 aliphatic rings. The molecule has 122 valence electrons. The maximum Gasteiger partial charge on any atom is 0.149 e. The lowest BCUT2D eigenvalue weighted by atomic mass is 10.0. The molecule has 0 aliphatic carbocycles. The molecule has 2 aromatic carbocycles. The zero-order valence-corrected chi connectivity index (χ0v) is 13.5. The molecule has 4 rings (SSSR count). The molecule has 2 heterocycles. The van der Waals surface area contributed by atoms with Crippen molar-refractivity contribution in [3.8, 4) is 0 Å². The molecule has 2 unspecified atom stereocenters. The molecule has 1 N–H and O–H groups in total. The third kappa shape index (κ3) is 2.81. The van der Waals surface area contributed by atoms with Crippen molar-refractivity contribution in [2.24, 2.45) is 0 Å². The Bertz CT molecular complexity index is 872. The molecule has 0 saturated carbocycles. The molecule has 1 aromatic heterocycles. The second-order valence-corrected chi connectivity index (χ2v) is 6.18. The highest BCUT2D eigenvalue weighted by Crippen LogP contribution is 2.33. The van der Waals surface area contributed by atoms with Gasteiger partial charge < -0.3 is 10.1 Å². The highest BCUT2D eigenvalue weighted by Gasteiger charge is 2.30. The van der Waals surface area contributed by atoms with Crippen molar-refractivity contribution in [1.29, 1.82) is 0 Å². The maximum atomic E-state index is 13.9. The number of halogens is 2. The first kappa shape index (κ1) is 15.3. The molecule has 3 aromatic rings. The standard InChI is InChI=1S/C18H15ClFN3O/c19-12-6-4-11(5-7-12)17-15(8-9-24-17)23-18-13-2-1-3-14(20)16(13)21-10-22-18/h1-7,10,15,17H,8-9H2,(H,21,22,23). The summed E-state index contributed by atoms with van der Waals surface area (Å²) in [6.07, 6.45) is 2.12. The van der Waals surface area contributed by atoms with E-state index in [2.05, 4.69) is 15.3 Å². The van der Waals surface area contributed by atoms with Crippen LogP contribution in [0, 0.1) is 5.82 Å². The summed E-state index contributed by atoms with van der Waals surface area (Å²) < 4.78 is 19.8. The van der Waals surface area contributed by atoms with E-state index in [1.165, 1.54) is 12.4 Å². The molecule has 24 heavy (non-hydrogen) atoms. The second-order valence-electron chi connectivity index (χ2n) is 5.74. The molecule has 2 atom stereocenters. The molecule has 0 bridgehead atoms. The summed E-state index contributed by atoms with van der Waals surface area (Å²) in [7, 11) is 0. The Hall–Kier alpha value is -2.24. The van der Waals surface area contributed by atoms with E-state index in [-0.39, 0.29) is 18.0 Å². The predicted octanol–water partition coefficient (Wildman–Crippen LogP) is 4.36. The summed E-state index contributed by atoms with van der Waals surface area (Å²) in [4.78, 5) is 8.32. The fourth-order valence-electron chi connectivity index (χ4n) is 3.06. The number of fused-ring (bicyclic) bond motifs is 1. The number of anilines is 1. The van der Waals surface area contributed by atoms with Gasteiger partial charge in [0.25, 0.3) is 0 Å². The topological polar surface area (TPSA) is 47.0 Å². The molecular weight excluding hydrogens is 329 g/mol. The van der Waals surface area contributed by atoms with Crippen LogP contribution in [0.4, 0.5) is 10.2 Å². The lowest BCUT2D eigenvalue weighted by Crippen LogP contribution is -2.24.